The van der Waals surface area contributed by atoms with Crippen LogP contribution in [0.5, 0.6) is 0 Å². The van der Waals surface area contributed by atoms with Crippen LogP contribution in [-0.4, -0.2) is 31.0 Å². The van der Waals surface area contributed by atoms with Gasteiger partial charge in [-0.25, -0.2) is 23.2 Å². The van der Waals surface area contributed by atoms with Crippen molar-refractivity contribution >= 4 is 66.6 Å². The van der Waals surface area contributed by atoms with Gasteiger partial charge in [0, 0.05) is 9.90 Å². The van der Waals surface area contributed by atoms with E-state index in [4.69, 9.17) is 16.3 Å². The fraction of sp³-hybridized carbons (Fsp3) is 0.174. The third-order valence-corrected chi connectivity index (χ3v) is 7.59. The monoisotopic (exact) mass is 516 g/mol. The van der Waals surface area contributed by atoms with Crippen molar-refractivity contribution in [2.45, 2.75) is 25.2 Å². The van der Waals surface area contributed by atoms with Crippen LogP contribution >= 0.6 is 22.9 Å². The number of carbonyl (C=O) groups excluding carboxylic acids is 1. The van der Waals surface area contributed by atoms with E-state index in [9.17, 15) is 13.2 Å². The molecule has 2 N–H and O–H groups in total. The first-order valence-electron chi connectivity index (χ1n) is 10.4. The number of thiophene rings is 1. The van der Waals surface area contributed by atoms with E-state index >= 15 is 0 Å². The summed E-state index contributed by atoms with van der Waals surface area (Å²) in [7, 11) is -3.99. The molecule has 0 aliphatic heterocycles. The lowest BCUT2D eigenvalue weighted by atomic mass is 10.2. The smallest absolute Gasteiger partial charge is 0.341 e. The first-order chi connectivity index (χ1) is 16.3. The standard InChI is InChI=1S/C23H21ClN4O4S2/c1-3-15-13-17(23(29)32-4-2)22(33-15)27-20-21(26-19-8-6-5-7-18(19)25-20)28-34(30,31)16-11-9-14(24)10-12-16/h5-13H,3-4H2,1-2H3,(H,25,27)(H,26,28). The third kappa shape index (κ3) is 5.14. The van der Waals surface area contributed by atoms with Crippen LogP contribution in [0.25, 0.3) is 11.0 Å². The van der Waals surface area contributed by atoms with Gasteiger partial charge in [-0.1, -0.05) is 30.7 Å². The summed E-state index contributed by atoms with van der Waals surface area (Å²) in [6.07, 6.45) is 0.720. The van der Waals surface area contributed by atoms with Crippen LogP contribution < -0.4 is 10.0 Å². The maximum absolute atomic E-state index is 13.0. The normalized spacial score (nSPS) is 11.4. The molecule has 8 nitrogen and oxygen atoms in total. The molecule has 4 aromatic rings. The van der Waals surface area contributed by atoms with Crippen LogP contribution in [0.2, 0.25) is 5.02 Å². The van der Waals surface area contributed by atoms with E-state index in [0.29, 0.717) is 26.6 Å². The summed E-state index contributed by atoms with van der Waals surface area (Å²) in [6.45, 7) is 3.94. The average molecular weight is 517 g/mol. The number of esters is 1. The molecule has 2 heterocycles. The van der Waals surface area contributed by atoms with Gasteiger partial charge in [-0.05, 0) is 55.8 Å². The van der Waals surface area contributed by atoms with Crippen LogP contribution in [0.15, 0.2) is 59.5 Å². The Morgan fingerprint density at radius 1 is 1.03 bits per heavy atom. The molecule has 34 heavy (non-hydrogen) atoms. The van der Waals surface area contributed by atoms with Crippen LogP contribution in [0.1, 0.15) is 29.1 Å². The zero-order valence-electron chi connectivity index (χ0n) is 18.3. The molecule has 0 saturated carbocycles. The molecule has 0 radical (unpaired) electrons. The van der Waals surface area contributed by atoms with Crippen molar-refractivity contribution in [2.75, 3.05) is 16.6 Å². The van der Waals surface area contributed by atoms with Gasteiger partial charge in [0.15, 0.2) is 11.6 Å². The van der Waals surface area contributed by atoms with Crippen molar-refractivity contribution in [3.63, 3.8) is 0 Å². The summed E-state index contributed by atoms with van der Waals surface area (Å²) in [5.74, 6) is -0.320. The molecule has 0 saturated heterocycles. The van der Waals surface area contributed by atoms with Gasteiger partial charge in [0.25, 0.3) is 10.0 Å². The molecule has 11 heteroatoms. The minimum Gasteiger partial charge on any atom is -0.462 e. The van der Waals surface area contributed by atoms with Crippen LogP contribution in [0, 0.1) is 0 Å². The fourth-order valence-corrected chi connectivity index (χ4v) is 5.25. The van der Waals surface area contributed by atoms with Gasteiger partial charge in [0.05, 0.1) is 28.1 Å². The second-order valence-corrected chi connectivity index (χ2v) is 10.4. The predicted molar refractivity (Wildman–Crippen MR) is 135 cm³/mol. The molecule has 0 aliphatic rings. The number of hydrogen-bond donors (Lipinski definition) is 2. The van der Waals surface area contributed by atoms with E-state index in [1.54, 1.807) is 31.2 Å². The molecular weight excluding hydrogens is 496 g/mol. The lowest BCUT2D eigenvalue weighted by molar-refractivity contribution is 0.0528. The van der Waals surface area contributed by atoms with Crippen molar-refractivity contribution in [1.29, 1.82) is 0 Å². The first-order valence-corrected chi connectivity index (χ1v) is 13.1. The number of ether oxygens (including phenoxy) is 1. The summed E-state index contributed by atoms with van der Waals surface area (Å²) in [5.41, 5.74) is 1.42. The summed E-state index contributed by atoms with van der Waals surface area (Å²) >= 11 is 7.26. The van der Waals surface area contributed by atoms with Gasteiger partial charge in [-0.3, -0.25) is 4.72 Å². The molecule has 4 rings (SSSR count). The van der Waals surface area contributed by atoms with Crippen molar-refractivity contribution in [2.24, 2.45) is 0 Å². The molecule has 0 unspecified atom stereocenters. The maximum Gasteiger partial charge on any atom is 0.341 e. The summed E-state index contributed by atoms with van der Waals surface area (Å²) < 4.78 is 33.8. The summed E-state index contributed by atoms with van der Waals surface area (Å²) in [5, 5.41) is 4.02. The lowest BCUT2D eigenvalue weighted by Crippen LogP contribution is -2.16. The topological polar surface area (TPSA) is 110 Å². The molecule has 0 aliphatic carbocycles. The molecule has 0 bridgehead atoms. The third-order valence-electron chi connectivity index (χ3n) is 4.78. The number of fused-ring (bicyclic) bond motifs is 1. The van der Waals surface area contributed by atoms with E-state index in [0.717, 1.165) is 11.3 Å². The van der Waals surface area contributed by atoms with Gasteiger partial charge < -0.3 is 10.1 Å². The maximum atomic E-state index is 13.0. The highest BCUT2D eigenvalue weighted by atomic mass is 35.5. The number of sulfonamides is 1. The van der Waals surface area contributed by atoms with Crippen molar-refractivity contribution < 1.29 is 17.9 Å². The number of aryl methyl sites for hydroxylation is 1. The second kappa shape index (κ2) is 9.96. The quantitative estimate of drug-likeness (QED) is 0.292. The first kappa shape index (κ1) is 23.9. The Hall–Kier alpha value is -3.21. The number of benzene rings is 2. The van der Waals surface area contributed by atoms with Gasteiger partial charge in [-0.2, -0.15) is 0 Å². The molecule has 0 atom stereocenters. The largest absolute Gasteiger partial charge is 0.462 e. The number of nitrogens with one attached hydrogen (secondary N) is 2. The molecule has 0 spiro atoms. The number of nitrogens with zero attached hydrogens (tertiary/aromatic N) is 2. The number of para-hydroxylation sites is 2. The van der Waals surface area contributed by atoms with Crippen molar-refractivity contribution in [3.8, 4) is 0 Å². The van der Waals surface area contributed by atoms with Gasteiger partial charge in [0.2, 0.25) is 0 Å². The highest BCUT2D eigenvalue weighted by molar-refractivity contribution is 7.92. The van der Waals surface area contributed by atoms with E-state index in [1.807, 2.05) is 13.0 Å². The minimum atomic E-state index is -3.99. The molecule has 2 aromatic carbocycles. The molecule has 0 fully saturated rings. The van der Waals surface area contributed by atoms with Gasteiger partial charge >= 0.3 is 5.97 Å². The Kier molecular flexibility index (Phi) is 7.01. The molecule has 2 aromatic heterocycles. The van der Waals surface area contributed by atoms with Crippen molar-refractivity contribution in [1.82, 2.24) is 9.97 Å². The highest BCUT2D eigenvalue weighted by Crippen LogP contribution is 2.34. The van der Waals surface area contributed by atoms with E-state index in [1.165, 1.54) is 35.6 Å². The predicted octanol–water partition coefficient (Wildman–Crippen LogP) is 5.63. The van der Waals surface area contributed by atoms with E-state index in [2.05, 4.69) is 20.0 Å². The zero-order chi connectivity index (χ0) is 24.3. The summed E-state index contributed by atoms with van der Waals surface area (Å²) in [4.78, 5) is 22.6. The highest BCUT2D eigenvalue weighted by Gasteiger charge is 2.22. The number of carbonyl (C=O) groups is 1. The van der Waals surface area contributed by atoms with Gasteiger partial charge in [-0.15, -0.1) is 11.3 Å². The molecule has 0 amide bonds. The minimum absolute atomic E-state index is 0.00472. The Labute approximate surface area is 206 Å². The number of rotatable bonds is 8. The number of aromatic nitrogens is 2. The Balaban J connectivity index is 1.79. The summed E-state index contributed by atoms with van der Waals surface area (Å²) in [6, 6.07) is 14.6. The SMILES string of the molecule is CCOC(=O)c1cc(CC)sc1Nc1nc2ccccc2nc1NS(=O)(=O)c1ccc(Cl)cc1. The van der Waals surface area contributed by atoms with Crippen molar-refractivity contribution in [3.05, 3.63) is 70.1 Å². The van der Waals surface area contributed by atoms with Gasteiger partial charge in [0.1, 0.15) is 5.00 Å². The molecular formula is C23H21ClN4O4S2. The van der Waals surface area contributed by atoms with Crippen LogP contribution in [-0.2, 0) is 21.2 Å². The molecule has 176 valence electrons. The second-order valence-electron chi connectivity index (χ2n) is 7.12. The zero-order valence-corrected chi connectivity index (χ0v) is 20.7. The Morgan fingerprint density at radius 3 is 2.29 bits per heavy atom. The number of anilines is 3. The average Bonchev–Trinajstić information content (AvgIpc) is 3.23. The fourth-order valence-electron chi connectivity index (χ4n) is 3.14. The number of hydrogen-bond acceptors (Lipinski definition) is 8. The Morgan fingerprint density at radius 2 is 1.68 bits per heavy atom. The lowest BCUT2D eigenvalue weighted by Gasteiger charge is -2.14. The Bertz CT molecular complexity index is 1450. The van der Waals surface area contributed by atoms with E-state index in [-0.39, 0.29) is 23.1 Å². The number of halogens is 1. The van der Waals surface area contributed by atoms with Crippen LogP contribution in [0.4, 0.5) is 16.6 Å². The van der Waals surface area contributed by atoms with Crippen LogP contribution in [0.3, 0.4) is 0 Å². The van der Waals surface area contributed by atoms with E-state index < -0.39 is 16.0 Å².